The molecule has 0 aliphatic heterocycles. The van der Waals surface area contributed by atoms with Crippen molar-refractivity contribution in [2.75, 3.05) is 18.8 Å². The normalized spacial score (nSPS) is 11.2. The number of carbonyl (C=O) groups is 4. The van der Waals surface area contributed by atoms with Crippen LogP contribution in [-0.4, -0.2) is 42.8 Å². The highest BCUT2D eigenvalue weighted by molar-refractivity contribution is 5.98. The van der Waals surface area contributed by atoms with Crippen LogP contribution in [0.15, 0.2) is 42.5 Å². The molecule has 0 radical (unpaired) electrons. The fraction of sp³-hybridized carbons (Fsp3) is 0.407. The lowest BCUT2D eigenvalue weighted by Gasteiger charge is -2.20. The predicted octanol–water partition coefficient (Wildman–Crippen LogP) is 4.19. The van der Waals surface area contributed by atoms with Crippen molar-refractivity contribution in [1.82, 2.24) is 10.6 Å². The molecule has 4 N–H and O–H groups in total. The van der Waals surface area contributed by atoms with Crippen molar-refractivity contribution in [3.8, 4) is 11.5 Å². The van der Waals surface area contributed by atoms with E-state index in [1.165, 1.54) is 24.3 Å². The third-order valence-corrected chi connectivity index (χ3v) is 4.62. The number of anilines is 1. The van der Waals surface area contributed by atoms with Crippen LogP contribution in [-0.2, 0) is 20.9 Å². The molecule has 0 atom stereocenters. The van der Waals surface area contributed by atoms with Crippen molar-refractivity contribution in [2.45, 2.75) is 53.8 Å². The van der Waals surface area contributed by atoms with E-state index in [1.54, 1.807) is 59.7 Å². The minimum absolute atomic E-state index is 0.0377. The lowest BCUT2D eigenvalue weighted by Crippen LogP contribution is -2.38. The van der Waals surface area contributed by atoms with Gasteiger partial charge in [-0.25, -0.2) is 9.59 Å². The van der Waals surface area contributed by atoms with Gasteiger partial charge in [-0.2, -0.15) is 0 Å². The van der Waals surface area contributed by atoms with E-state index >= 15 is 0 Å². The smallest absolute Gasteiger partial charge is 0.444 e. The number of amides is 2. The average Bonchev–Trinajstić information content (AvgIpc) is 2.80. The van der Waals surface area contributed by atoms with Crippen molar-refractivity contribution in [3.05, 3.63) is 53.6 Å². The molecule has 206 valence electrons. The Morgan fingerprint density at radius 1 is 0.842 bits per heavy atom. The van der Waals surface area contributed by atoms with Crippen LogP contribution in [0.25, 0.3) is 0 Å². The first-order chi connectivity index (χ1) is 17.6. The molecule has 2 aromatic carbocycles. The second-order valence-electron chi connectivity index (χ2n) is 10.4. The Hall–Kier alpha value is -4.28. The summed E-state index contributed by atoms with van der Waals surface area (Å²) in [6.45, 7) is 10.3. The number of nitrogens with two attached hydrogens (primary N) is 1. The van der Waals surface area contributed by atoms with E-state index in [9.17, 15) is 19.2 Å². The molecule has 0 aliphatic rings. The molecular weight excluding hydrogens is 494 g/mol. The molecule has 0 fully saturated rings. The molecule has 0 aromatic heterocycles. The van der Waals surface area contributed by atoms with Crippen LogP contribution in [0, 0.1) is 5.41 Å². The van der Waals surface area contributed by atoms with Gasteiger partial charge in [-0.05, 0) is 83.5 Å². The first kappa shape index (κ1) is 29.9. The molecule has 11 nitrogen and oxygen atoms in total. The topological polar surface area (TPSA) is 155 Å². The van der Waals surface area contributed by atoms with Gasteiger partial charge in [0, 0.05) is 18.8 Å². The summed E-state index contributed by atoms with van der Waals surface area (Å²) in [5.74, 6) is -0.794. The van der Waals surface area contributed by atoms with Crippen molar-refractivity contribution < 1.29 is 38.1 Å². The third kappa shape index (κ3) is 10.4. The van der Waals surface area contributed by atoms with Gasteiger partial charge in [0.15, 0.2) is 0 Å². The highest BCUT2D eigenvalue weighted by atomic mass is 16.7. The molecule has 0 unspecified atom stereocenters. The summed E-state index contributed by atoms with van der Waals surface area (Å²) in [4.78, 5) is 49.2. The predicted molar refractivity (Wildman–Crippen MR) is 140 cm³/mol. The zero-order valence-electron chi connectivity index (χ0n) is 22.5. The SMILES string of the molecule is CC(C)(C)OC(=O)NCCNC(=O)c1cc(COC(=O)Oc2ccc(N)cc2)ccc1OC(=O)C(C)(C)C. The first-order valence-electron chi connectivity index (χ1n) is 11.9. The van der Waals surface area contributed by atoms with Crippen LogP contribution < -0.4 is 25.8 Å². The van der Waals surface area contributed by atoms with Gasteiger partial charge in [0.05, 0.1) is 11.0 Å². The van der Waals surface area contributed by atoms with Crippen LogP contribution >= 0.6 is 0 Å². The number of esters is 1. The van der Waals surface area contributed by atoms with Gasteiger partial charge < -0.3 is 35.3 Å². The highest BCUT2D eigenvalue weighted by Gasteiger charge is 2.26. The minimum Gasteiger partial charge on any atom is -0.444 e. The van der Waals surface area contributed by atoms with Gasteiger partial charge in [0.25, 0.3) is 5.91 Å². The summed E-state index contributed by atoms with van der Waals surface area (Å²) in [6, 6.07) is 10.6. The summed E-state index contributed by atoms with van der Waals surface area (Å²) in [6.07, 6.45) is -1.56. The van der Waals surface area contributed by atoms with Gasteiger partial charge in [-0.1, -0.05) is 6.07 Å². The molecule has 0 bridgehead atoms. The van der Waals surface area contributed by atoms with Gasteiger partial charge in [-0.3, -0.25) is 9.59 Å². The second kappa shape index (κ2) is 12.8. The van der Waals surface area contributed by atoms with Crippen LogP contribution in [0.5, 0.6) is 11.5 Å². The molecule has 0 spiro atoms. The van der Waals surface area contributed by atoms with Crippen LogP contribution in [0.1, 0.15) is 57.5 Å². The monoisotopic (exact) mass is 529 g/mol. The Kier molecular flexibility index (Phi) is 10.1. The highest BCUT2D eigenvalue weighted by Crippen LogP contribution is 2.25. The van der Waals surface area contributed by atoms with Gasteiger partial charge in [-0.15, -0.1) is 0 Å². The summed E-state index contributed by atoms with van der Waals surface area (Å²) >= 11 is 0. The van der Waals surface area contributed by atoms with E-state index in [4.69, 9.17) is 24.7 Å². The zero-order valence-corrected chi connectivity index (χ0v) is 22.5. The maximum Gasteiger partial charge on any atom is 0.514 e. The Morgan fingerprint density at radius 3 is 2.08 bits per heavy atom. The van der Waals surface area contributed by atoms with Gasteiger partial charge in [0.1, 0.15) is 23.7 Å². The van der Waals surface area contributed by atoms with E-state index in [0.29, 0.717) is 11.3 Å². The summed E-state index contributed by atoms with van der Waals surface area (Å²) in [5, 5.41) is 5.20. The molecule has 0 heterocycles. The summed E-state index contributed by atoms with van der Waals surface area (Å²) in [5.41, 5.74) is 5.17. The Balaban J connectivity index is 2.07. The zero-order chi connectivity index (χ0) is 28.5. The molecule has 0 saturated carbocycles. The van der Waals surface area contributed by atoms with E-state index < -0.39 is 35.1 Å². The summed E-state index contributed by atoms with van der Waals surface area (Å²) < 4.78 is 20.8. The maximum absolute atomic E-state index is 12.9. The quantitative estimate of drug-likeness (QED) is 0.150. The first-order valence-corrected chi connectivity index (χ1v) is 11.9. The minimum atomic E-state index is -0.947. The van der Waals surface area contributed by atoms with Crippen LogP contribution in [0.2, 0.25) is 0 Å². The fourth-order valence-electron chi connectivity index (χ4n) is 2.74. The number of benzene rings is 2. The third-order valence-electron chi connectivity index (χ3n) is 4.62. The van der Waals surface area contributed by atoms with Crippen molar-refractivity contribution in [2.24, 2.45) is 5.41 Å². The maximum atomic E-state index is 12.9. The molecule has 0 aliphatic carbocycles. The fourth-order valence-corrected chi connectivity index (χ4v) is 2.74. The van der Waals surface area contributed by atoms with Crippen molar-refractivity contribution in [3.63, 3.8) is 0 Å². The molecule has 2 rings (SSSR count). The Morgan fingerprint density at radius 2 is 1.47 bits per heavy atom. The molecule has 2 amide bonds. The molecule has 11 heteroatoms. The molecule has 38 heavy (non-hydrogen) atoms. The lowest BCUT2D eigenvalue weighted by molar-refractivity contribution is -0.143. The van der Waals surface area contributed by atoms with E-state index in [2.05, 4.69) is 10.6 Å². The Labute approximate surface area is 222 Å². The average molecular weight is 530 g/mol. The van der Waals surface area contributed by atoms with Crippen LogP contribution in [0.3, 0.4) is 0 Å². The number of nitrogens with one attached hydrogen (secondary N) is 2. The van der Waals surface area contributed by atoms with Crippen LogP contribution in [0.4, 0.5) is 15.3 Å². The van der Waals surface area contributed by atoms with E-state index in [0.717, 1.165) is 0 Å². The molecular formula is C27H35N3O8. The number of nitrogen functional groups attached to an aromatic ring is 1. The lowest BCUT2D eigenvalue weighted by atomic mass is 9.97. The standard InChI is InChI=1S/C27H35N3O8/c1-26(2,3)23(32)37-21-12-7-17(16-35-25(34)36-19-10-8-18(28)9-11-19)15-20(21)22(31)29-13-14-30-24(33)38-27(4,5)6/h7-12,15H,13-14,16,28H2,1-6H3,(H,29,31)(H,30,33). The number of hydrogen-bond acceptors (Lipinski definition) is 9. The number of alkyl carbamates (subject to hydrolysis) is 1. The van der Waals surface area contributed by atoms with Crippen molar-refractivity contribution in [1.29, 1.82) is 0 Å². The number of carbonyl (C=O) groups excluding carboxylic acids is 4. The number of ether oxygens (including phenoxy) is 4. The second-order valence-corrected chi connectivity index (χ2v) is 10.4. The molecule has 0 saturated heterocycles. The number of hydrogen-bond donors (Lipinski definition) is 3. The Bertz CT molecular complexity index is 1150. The van der Waals surface area contributed by atoms with Gasteiger partial charge >= 0.3 is 18.2 Å². The number of rotatable bonds is 8. The van der Waals surface area contributed by atoms with Gasteiger partial charge in [0.2, 0.25) is 0 Å². The van der Waals surface area contributed by atoms with E-state index in [1.807, 2.05) is 0 Å². The van der Waals surface area contributed by atoms with Crippen molar-refractivity contribution >= 4 is 29.8 Å². The van der Waals surface area contributed by atoms with E-state index in [-0.39, 0.29) is 36.8 Å². The molecule has 2 aromatic rings. The largest absolute Gasteiger partial charge is 0.514 e. The summed E-state index contributed by atoms with van der Waals surface area (Å²) in [7, 11) is 0.